The molecule has 0 unspecified atom stereocenters. The van der Waals surface area contributed by atoms with Gasteiger partial charge in [0.15, 0.2) is 0 Å². The van der Waals surface area contributed by atoms with E-state index in [1.54, 1.807) is 12.3 Å². The van der Waals surface area contributed by atoms with Gasteiger partial charge in [-0.3, -0.25) is 15.1 Å². The van der Waals surface area contributed by atoms with Crippen LogP contribution in [0, 0.1) is 24.0 Å². The van der Waals surface area contributed by atoms with Crippen LogP contribution in [0.2, 0.25) is 0 Å². The lowest BCUT2D eigenvalue weighted by molar-refractivity contribution is -0.380. The molecule has 0 fully saturated rings. The average molecular weight is 260 g/mol. The highest BCUT2D eigenvalue weighted by Crippen LogP contribution is 2.24. The standard InChI is InChI=1S/C13H12N2O2S/c1-9-3-4-10(2)12(7-9)14-8-11-5-6-13(18-11)15(16)17/h3-8H,1-2H3. The Bertz CT molecular complexity index is 617. The van der Waals surface area contributed by atoms with Crippen molar-refractivity contribution in [2.75, 3.05) is 0 Å². The molecular formula is C13H12N2O2S. The molecule has 18 heavy (non-hydrogen) atoms. The Hall–Kier alpha value is -2.01. The molecule has 0 saturated heterocycles. The Kier molecular flexibility index (Phi) is 3.53. The lowest BCUT2D eigenvalue weighted by Gasteiger charge is -2.00. The minimum atomic E-state index is -0.389. The van der Waals surface area contributed by atoms with E-state index in [1.165, 1.54) is 6.07 Å². The Morgan fingerprint density at radius 2 is 2.06 bits per heavy atom. The van der Waals surface area contributed by atoms with Gasteiger partial charge in [-0.1, -0.05) is 23.5 Å². The quantitative estimate of drug-likeness (QED) is 0.475. The monoisotopic (exact) mass is 260 g/mol. The summed E-state index contributed by atoms with van der Waals surface area (Å²) >= 11 is 1.12. The second kappa shape index (κ2) is 5.10. The largest absolute Gasteiger partial charge is 0.324 e. The van der Waals surface area contributed by atoms with Gasteiger partial charge >= 0.3 is 5.00 Å². The van der Waals surface area contributed by atoms with Crippen molar-refractivity contribution >= 4 is 28.2 Å². The maximum atomic E-state index is 10.6. The molecule has 4 nitrogen and oxygen atoms in total. The third-order valence-corrected chi connectivity index (χ3v) is 3.46. The zero-order valence-corrected chi connectivity index (χ0v) is 10.9. The Labute approximate surface area is 109 Å². The van der Waals surface area contributed by atoms with Crippen LogP contribution in [0.4, 0.5) is 10.7 Å². The van der Waals surface area contributed by atoms with Gasteiger partial charge in [0.1, 0.15) is 0 Å². The van der Waals surface area contributed by atoms with Crippen LogP contribution in [-0.4, -0.2) is 11.1 Å². The normalized spacial score (nSPS) is 11.0. The summed E-state index contributed by atoms with van der Waals surface area (Å²) < 4.78 is 0. The Morgan fingerprint density at radius 3 is 2.72 bits per heavy atom. The van der Waals surface area contributed by atoms with Gasteiger partial charge in [0, 0.05) is 12.3 Å². The topological polar surface area (TPSA) is 55.5 Å². The lowest BCUT2D eigenvalue weighted by atomic mass is 10.1. The summed E-state index contributed by atoms with van der Waals surface area (Å²) in [6.45, 7) is 4.00. The van der Waals surface area contributed by atoms with Gasteiger partial charge in [-0.05, 0) is 37.1 Å². The zero-order chi connectivity index (χ0) is 13.1. The fourth-order valence-electron chi connectivity index (χ4n) is 1.50. The SMILES string of the molecule is Cc1ccc(C)c(N=Cc2ccc([N+](=O)[O-])s2)c1. The highest BCUT2D eigenvalue weighted by molar-refractivity contribution is 7.16. The Morgan fingerprint density at radius 1 is 1.28 bits per heavy atom. The minimum absolute atomic E-state index is 0.136. The van der Waals surface area contributed by atoms with Gasteiger partial charge in [-0.15, -0.1) is 0 Å². The van der Waals surface area contributed by atoms with Crippen molar-refractivity contribution in [2.45, 2.75) is 13.8 Å². The van der Waals surface area contributed by atoms with E-state index in [4.69, 9.17) is 0 Å². The molecule has 0 bridgehead atoms. The number of thiophene rings is 1. The first-order valence-corrected chi connectivity index (χ1v) is 6.23. The summed E-state index contributed by atoms with van der Waals surface area (Å²) in [5.74, 6) is 0. The molecule has 0 N–H and O–H groups in total. The molecule has 1 aromatic carbocycles. The first-order valence-electron chi connectivity index (χ1n) is 5.42. The van der Waals surface area contributed by atoms with Gasteiger partial charge < -0.3 is 0 Å². The molecular weight excluding hydrogens is 248 g/mol. The third kappa shape index (κ3) is 2.81. The number of nitro groups is 1. The molecule has 0 radical (unpaired) electrons. The van der Waals surface area contributed by atoms with E-state index in [-0.39, 0.29) is 9.92 Å². The van der Waals surface area contributed by atoms with Crippen LogP contribution in [0.15, 0.2) is 35.3 Å². The van der Waals surface area contributed by atoms with E-state index in [1.807, 2.05) is 32.0 Å². The summed E-state index contributed by atoms with van der Waals surface area (Å²) in [4.78, 5) is 15.3. The fraction of sp³-hybridized carbons (Fsp3) is 0.154. The molecule has 0 amide bonds. The molecule has 1 aromatic heterocycles. The maximum Gasteiger partial charge on any atom is 0.324 e. The van der Waals surface area contributed by atoms with E-state index in [2.05, 4.69) is 4.99 Å². The van der Waals surface area contributed by atoms with Crippen LogP contribution < -0.4 is 0 Å². The van der Waals surface area contributed by atoms with Crippen LogP contribution >= 0.6 is 11.3 Å². The number of hydrogen-bond donors (Lipinski definition) is 0. The summed E-state index contributed by atoms with van der Waals surface area (Å²) in [6, 6.07) is 9.24. The van der Waals surface area contributed by atoms with Gasteiger partial charge in [0.05, 0.1) is 15.5 Å². The molecule has 92 valence electrons. The van der Waals surface area contributed by atoms with Crippen LogP contribution in [-0.2, 0) is 0 Å². The number of aliphatic imine (C=N–C) groups is 1. The summed E-state index contributed by atoms with van der Waals surface area (Å²) in [5.41, 5.74) is 3.12. The van der Waals surface area contributed by atoms with Crippen molar-refractivity contribution < 1.29 is 4.92 Å². The van der Waals surface area contributed by atoms with Crippen molar-refractivity contribution in [2.24, 2.45) is 4.99 Å². The Balaban J connectivity index is 2.24. The molecule has 5 heteroatoms. The minimum Gasteiger partial charge on any atom is -0.258 e. The highest BCUT2D eigenvalue weighted by atomic mass is 32.1. The number of hydrogen-bond acceptors (Lipinski definition) is 4. The highest BCUT2D eigenvalue weighted by Gasteiger charge is 2.08. The summed E-state index contributed by atoms with van der Waals surface area (Å²) in [6.07, 6.45) is 1.67. The molecule has 0 spiro atoms. The average Bonchev–Trinajstić information content (AvgIpc) is 2.79. The van der Waals surface area contributed by atoms with Gasteiger partial charge in [0.2, 0.25) is 0 Å². The van der Waals surface area contributed by atoms with E-state index in [0.29, 0.717) is 0 Å². The van der Waals surface area contributed by atoms with Gasteiger partial charge in [0.25, 0.3) is 0 Å². The van der Waals surface area contributed by atoms with Gasteiger partial charge in [-0.25, -0.2) is 0 Å². The molecule has 0 atom stereocenters. The third-order valence-electron chi connectivity index (χ3n) is 2.49. The maximum absolute atomic E-state index is 10.6. The first-order chi connectivity index (χ1) is 8.56. The van der Waals surface area contributed by atoms with Crippen LogP contribution in [0.5, 0.6) is 0 Å². The van der Waals surface area contributed by atoms with Crippen molar-refractivity contribution in [3.05, 3.63) is 56.5 Å². The number of nitrogens with zero attached hydrogens (tertiary/aromatic N) is 2. The predicted octanol–water partition coefficient (Wildman–Crippen LogP) is 4.02. The first kappa shape index (κ1) is 12.4. The number of rotatable bonds is 3. The van der Waals surface area contributed by atoms with Crippen LogP contribution in [0.25, 0.3) is 0 Å². The second-order valence-corrected chi connectivity index (χ2v) is 5.08. The lowest BCUT2D eigenvalue weighted by Crippen LogP contribution is -1.81. The zero-order valence-electron chi connectivity index (χ0n) is 10.1. The van der Waals surface area contributed by atoms with Crippen molar-refractivity contribution in [3.63, 3.8) is 0 Å². The number of benzene rings is 1. The molecule has 0 aliphatic heterocycles. The van der Waals surface area contributed by atoms with E-state index in [9.17, 15) is 10.1 Å². The number of aryl methyl sites for hydroxylation is 2. The smallest absolute Gasteiger partial charge is 0.258 e. The van der Waals surface area contributed by atoms with E-state index < -0.39 is 0 Å². The summed E-state index contributed by atoms with van der Waals surface area (Å²) in [7, 11) is 0. The molecule has 1 heterocycles. The molecule has 0 aliphatic rings. The van der Waals surface area contributed by atoms with Crippen molar-refractivity contribution in [1.82, 2.24) is 0 Å². The molecule has 2 rings (SSSR count). The van der Waals surface area contributed by atoms with Crippen LogP contribution in [0.1, 0.15) is 16.0 Å². The molecule has 0 aliphatic carbocycles. The van der Waals surface area contributed by atoms with E-state index in [0.717, 1.165) is 33.0 Å². The van der Waals surface area contributed by atoms with Gasteiger partial charge in [-0.2, -0.15) is 0 Å². The summed E-state index contributed by atoms with van der Waals surface area (Å²) in [5, 5.41) is 10.7. The molecule has 2 aromatic rings. The predicted molar refractivity (Wildman–Crippen MR) is 74.1 cm³/mol. The van der Waals surface area contributed by atoms with E-state index >= 15 is 0 Å². The molecule has 0 saturated carbocycles. The van der Waals surface area contributed by atoms with Crippen LogP contribution in [0.3, 0.4) is 0 Å². The van der Waals surface area contributed by atoms with Crippen molar-refractivity contribution in [1.29, 1.82) is 0 Å². The van der Waals surface area contributed by atoms with Crippen molar-refractivity contribution in [3.8, 4) is 0 Å². The second-order valence-electron chi connectivity index (χ2n) is 3.98. The fourth-order valence-corrected chi connectivity index (χ4v) is 2.19.